The summed E-state index contributed by atoms with van der Waals surface area (Å²) in [4.78, 5) is 16.5. The van der Waals surface area contributed by atoms with Crippen molar-refractivity contribution in [3.8, 4) is 5.75 Å². The molecule has 0 unspecified atom stereocenters. The van der Waals surface area contributed by atoms with E-state index in [9.17, 15) is 13.2 Å². The standard InChI is InChI=1S/C19H16ClN3O4S/c1-27-17-9-4-10-21-18(17)22-19(24)13-5-2-8-16(11-13)28(25,26)23-15-7-3-6-14(20)12-15/h2-12,23H,1H3,(H,21,22,24). The topological polar surface area (TPSA) is 97.4 Å². The van der Waals surface area contributed by atoms with Crippen LogP contribution in [0.2, 0.25) is 5.02 Å². The number of ether oxygens (including phenoxy) is 1. The van der Waals surface area contributed by atoms with E-state index in [-0.39, 0.29) is 16.3 Å². The van der Waals surface area contributed by atoms with Crippen LogP contribution in [-0.4, -0.2) is 26.4 Å². The molecule has 0 aliphatic rings. The molecule has 1 aromatic heterocycles. The number of amides is 1. The second kappa shape index (κ2) is 8.28. The fourth-order valence-electron chi connectivity index (χ4n) is 2.40. The largest absolute Gasteiger partial charge is 0.493 e. The first-order chi connectivity index (χ1) is 13.4. The van der Waals surface area contributed by atoms with E-state index in [1.165, 1.54) is 43.6 Å². The van der Waals surface area contributed by atoms with Crippen LogP contribution in [0.5, 0.6) is 5.75 Å². The minimum absolute atomic E-state index is 0.0619. The molecule has 0 atom stereocenters. The summed E-state index contributed by atoms with van der Waals surface area (Å²) in [7, 11) is -2.44. The second-order valence-corrected chi connectivity index (χ2v) is 7.77. The van der Waals surface area contributed by atoms with Crippen molar-refractivity contribution >= 4 is 39.0 Å². The van der Waals surface area contributed by atoms with Crippen molar-refractivity contribution in [1.82, 2.24) is 4.98 Å². The first kappa shape index (κ1) is 19.7. The van der Waals surface area contributed by atoms with Crippen LogP contribution in [0.15, 0.2) is 71.8 Å². The smallest absolute Gasteiger partial charge is 0.261 e. The van der Waals surface area contributed by atoms with Crippen LogP contribution in [0.25, 0.3) is 0 Å². The van der Waals surface area contributed by atoms with Crippen molar-refractivity contribution in [1.29, 1.82) is 0 Å². The van der Waals surface area contributed by atoms with Gasteiger partial charge in [0, 0.05) is 16.8 Å². The Morgan fingerprint density at radius 2 is 1.86 bits per heavy atom. The van der Waals surface area contributed by atoms with E-state index in [4.69, 9.17) is 16.3 Å². The normalized spacial score (nSPS) is 10.9. The van der Waals surface area contributed by atoms with Crippen molar-refractivity contribution in [2.24, 2.45) is 0 Å². The fraction of sp³-hybridized carbons (Fsp3) is 0.0526. The highest BCUT2D eigenvalue weighted by molar-refractivity contribution is 7.92. The minimum atomic E-state index is -3.90. The highest BCUT2D eigenvalue weighted by Gasteiger charge is 2.17. The first-order valence-corrected chi connectivity index (χ1v) is 9.94. The summed E-state index contributed by atoms with van der Waals surface area (Å²) in [5.74, 6) is 0.111. The van der Waals surface area contributed by atoms with Crippen LogP contribution in [0.4, 0.5) is 11.5 Å². The number of pyridine rings is 1. The predicted octanol–water partition coefficient (Wildman–Crippen LogP) is 3.80. The van der Waals surface area contributed by atoms with Gasteiger partial charge in [-0.05, 0) is 48.5 Å². The van der Waals surface area contributed by atoms with E-state index < -0.39 is 15.9 Å². The Hall–Kier alpha value is -3.10. The van der Waals surface area contributed by atoms with Crippen LogP contribution < -0.4 is 14.8 Å². The number of sulfonamides is 1. The molecular weight excluding hydrogens is 402 g/mol. The number of hydrogen-bond donors (Lipinski definition) is 2. The van der Waals surface area contributed by atoms with Gasteiger partial charge in [0.1, 0.15) is 0 Å². The van der Waals surface area contributed by atoms with Gasteiger partial charge in [-0.15, -0.1) is 0 Å². The summed E-state index contributed by atoms with van der Waals surface area (Å²) < 4.78 is 32.8. The summed E-state index contributed by atoms with van der Waals surface area (Å²) >= 11 is 5.88. The molecule has 28 heavy (non-hydrogen) atoms. The number of rotatable bonds is 6. The lowest BCUT2D eigenvalue weighted by Crippen LogP contribution is -2.16. The molecule has 0 bridgehead atoms. The number of nitrogens with zero attached hydrogens (tertiary/aromatic N) is 1. The van der Waals surface area contributed by atoms with Crippen LogP contribution >= 0.6 is 11.6 Å². The Bertz CT molecular complexity index is 1120. The van der Waals surface area contributed by atoms with E-state index in [1.54, 1.807) is 30.3 Å². The first-order valence-electron chi connectivity index (χ1n) is 8.08. The maximum Gasteiger partial charge on any atom is 0.261 e. The highest BCUT2D eigenvalue weighted by atomic mass is 35.5. The van der Waals surface area contributed by atoms with Crippen LogP contribution in [-0.2, 0) is 10.0 Å². The van der Waals surface area contributed by atoms with Gasteiger partial charge in [-0.2, -0.15) is 0 Å². The van der Waals surface area contributed by atoms with Crippen LogP contribution in [0.1, 0.15) is 10.4 Å². The third kappa shape index (κ3) is 4.59. The summed E-state index contributed by atoms with van der Waals surface area (Å²) in [5.41, 5.74) is 0.474. The molecule has 7 nitrogen and oxygen atoms in total. The molecule has 9 heteroatoms. The molecule has 144 valence electrons. The summed E-state index contributed by atoms with van der Waals surface area (Å²) in [6.45, 7) is 0. The zero-order chi connectivity index (χ0) is 20.1. The van der Waals surface area contributed by atoms with Gasteiger partial charge < -0.3 is 10.1 Å². The van der Waals surface area contributed by atoms with Crippen molar-refractivity contribution in [3.05, 3.63) is 77.4 Å². The maximum absolute atomic E-state index is 12.6. The zero-order valence-corrected chi connectivity index (χ0v) is 16.3. The lowest BCUT2D eigenvalue weighted by atomic mass is 10.2. The lowest BCUT2D eigenvalue weighted by Gasteiger charge is -2.11. The van der Waals surface area contributed by atoms with Crippen molar-refractivity contribution in [2.75, 3.05) is 17.1 Å². The third-order valence-electron chi connectivity index (χ3n) is 3.71. The SMILES string of the molecule is COc1cccnc1NC(=O)c1cccc(S(=O)(=O)Nc2cccc(Cl)c2)c1. The third-order valence-corrected chi connectivity index (χ3v) is 5.32. The maximum atomic E-state index is 12.6. The highest BCUT2D eigenvalue weighted by Crippen LogP contribution is 2.23. The number of hydrogen-bond acceptors (Lipinski definition) is 5. The molecule has 0 aliphatic carbocycles. The molecule has 2 aromatic carbocycles. The average Bonchev–Trinajstić information content (AvgIpc) is 2.68. The Balaban J connectivity index is 1.84. The number of anilines is 2. The zero-order valence-electron chi connectivity index (χ0n) is 14.7. The summed E-state index contributed by atoms with van der Waals surface area (Å²) in [6, 6.07) is 15.3. The molecule has 3 rings (SSSR count). The molecule has 0 aliphatic heterocycles. The predicted molar refractivity (Wildman–Crippen MR) is 107 cm³/mol. The number of methoxy groups -OCH3 is 1. The lowest BCUT2D eigenvalue weighted by molar-refractivity contribution is 0.102. The van der Waals surface area contributed by atoms with Gasteiger partial charge >= 0.3 is 0 Å². The van der Waals surface area contributed by atoms with Gasteiger partial charge in [0.2, 0.25) is 0 Å². The van der Waals surface area contributed by atoms with Gasteiger partial charge in [0.25, 0.3) is 15.9 Å². The van der Waals surface area contributed by atoms with E-state index in [0.717, 1.165) is 0 Å². The van der Waals surface area contributed by atoms with Crippen molar-refractivity contribution in [3.63, 3.8) is 0 Å². The van der Waals surface area contributed by atoms with Gasteiger partial charge in [-0.25, -0.2) is 13.4 Å². The average molecular weight is 418 g/mol. The fourth-order valence-corrected chi connectivity index (χ4v) is 3.68. The number of aromatic nitrogens is 1. The van der Waals surface area contributed by atoms with Gasteiger partial charge in [0.15, 0.2) is 11.6 Å². The molecule has 3 aromatic rings. The number of nitrogens with one attached hydrogen (secondary N) is 2. The van der Waals surface area contributed by atoms with Gasteiger partial charge in [0.05, 0.1) is 17.7 Å². The molecule has 0 spiro atoms. The van der Waals surface area contributed by atoms with E-state index in [1.807, 2.05) is 0 Å². The van der Waals surface area contributed by atoms with Gasteiger partial charge in [-0.3, -0.25) is 9.52 Å². The molecule has 0 saturated carbocycles. The summed E-state index contributed by atoms with van der Waals surface area (Å²) in [6.07, 6.45) is 1.51. The Labute approximate surface area is 167 Å². The molecular formula is C19H16ClN3O4S. The Morgan fingerprint density at radius 1 is 1.07 bits per heavy atom. The Kier molecular flexibility index (Phi) is 5.81. The molecule has 1 heterocycles. The van der Waals surface area contributed by atoms with E-state index in [2.05, 4.69) is 15.0 Å². The molecule has 2 N–H and O–H groups in total. The number of halogens is 1. The van der Waals surface area contributed by atoms with Gasteiger partial charge in [-0.1, -0.05) is 23.7 Å². The van der Waals surface area contributed by atoms with Crippen LogP contribution in [0, 0.1) is 0 Å². The summed E-state index contributed by atoms with van der Waals surface area (Å²) in [5, 5.41) is 3.01. The van der Waals surface area contributed by atoms with E-state index in [0.29, 0.717) is 16.5 Å². The minimum Gasteiger partial charge on any atom is -0.493 e. The quantitative estimate of drug-likeness (QED) is 0.635. The molecule has 0 radical (unpaired) electrons. The number of carbonyl (C=O) groups excluding carboxylic acids is 1. The monoisotopic (exact) mass is 417 g/mol. The Morgan fingerprint density at radius 3 is 2.61 bits per heavy atom. The second-order valence-electron chi connectivity index (χ2n) is 5.65. The molecule has 0 saturated heterocycles. The van der Waals surface area contributed by atoms with Crippen LogP contribution in [0.3, 0.4) is 0 Å². The number of benzene rings is 2. The number of carbonyl (C=O) groups is 1. The van der Waals surface area contributed by atoms with Crippen molar-refractivity contribution < 1.29 is 17.9 Å². The molecule has 1 amide bonds. The van der Waals surface area contributed by atoms with E-state index >= 15 is 0 Å². The van der Waals surface area contributed by atoms with Crippen molar-refractivity contribution in [2.45, 2.75) is 4.90 Å². The molecule has 0 fully saturated rings.